The molecule has 5 nitrogen and oxygen atoms in total. The Hall–Kier alpha value is -1.62. The lowest BCUT2D eigenvalue weighted by Crippen LogP contribution is -2.26. The Labute approximate surface area is 104 Å². The normalized spacial score (nSPS) is 9.94. The first kappa shape index (κ1) is 13.4. The van der Waals surface area contributed by atoms with Gasteiger partial charge >= 0.3 is 0 Å². The molecule has 1 aromatic carbocycles. The molecule has 1 amide bonds. The van der Waals surface area contributed by atoms with Crippen LogP contribution in [0.3, 0.4) is 0 Å². The number of hydrogen-bond acceptors (Lipinski definition) is 3. The fourth-order valence-electron chi connectivity index (χ4n) is 1.28. The number of nitrogens with zero attached hydrogens (tertiary/aromatic N) is 1. The molecule has 0 spiro atoms. The van der Waals surface area contributed by atoms with Gasteiger partial charge in [0.15, 0.2) is 0 Å². The van der Waals surface area contributed by atoms with Crippen molar-refractivity contribution in [3.63, 3.8) is 0 Å². The summed E-state index contributed by atoms with van der Waals surface area (Å²) in [5.41, 5.74) is 0.773. The number of non-ortho nitro benzene ring substituents is 1. The highest BCUT2D eigenvalue weighted by molar-refractivity contribution is 6.17. The molecule has 6 heteroatoms. The van der Waals surface area contributed by atoms with E-state index in [0.29, 0.717) is 12.4 Å². The second kappa shape index (κ2) is 6.85. The first-order valence-corrected chi connectivity index (χ1v) is 5.73. The molecular weight excluding hydrogens is 244 g/mol. The lowest BCUT2D eigenvalue weighted by atomic mass is 10.1. The summed E-state index contributed by atoms with van der Waals surface area (Å²) in [6.45, 7) is 0.551. The number of hydrogen-bond donors (Lipinski definition) is 1. The fraction of sp³-hybridized carbons (Fsp3) is 0.364. The van der Waals surface area contributed by atoms with E-state index >= 15 is 0 Å². The fourth-order valence-corrected chi connectivity index (χ4v) is 1.41. The SMILES string of the molecule is O=C(Cc1ccc([N+](=O)[O-])cc1)NCCCCl. The van der Waals surface area contributed by atoms with E-state index in [1.807, 2.05) is 0 Å². The van der Waals surface area contributed by atoms with Crippen LogP contribution < -0.4 is 5.32 Å². The molecule has 1 aromatic rings. The van der Waals surface area contributed by atoms with Crippen molar-refractivity contribution in [1.82, 2.24) is 5.32 Å². The lowest BCUT2D eigenvalue weighted by molar-refractivity contribution is -0.384. The van der Waals surface area contributed by atoms with Gasteiger partial charge in [0.2, 0.25) is 5.91 Å². The van der Waals surface area contributed by atoms with Crippen LogP contribution in [0.5, 0.6) is 0 Å². The number of carbonyl (C=O) groups is 1. The van der Waals surface area contributed by atoms with Crippen molar-refractivity contribution in [2.45, 2.75) is 12.8 Å². The first-order valence-electron chi connectivity index (χ1n) is 5.19. The van der Waals surface area contributed by atoms with Crippen molar-refractivity contribution in [1.29, 1.82) is 0 Å². The van der Waals surface area contributed by atoms with Gasteiger partial charge in [-0.2, -0.15) is 0 Å². The number of rotatable bonds is 6. The van der Waals surface area contributed by atoms with Crippen molar-refractivity contribution in [2.24, 2.45) is 0 Å². The molecule has 1 rings (SSSR count). The number of nitrogens with one attached hydrogen (secondary N) is 1. The third kappa shape index (κ3) is 4.82. The maximum absolute atomic E-state index is 11.4. The van der Waals surface area contributed by atoms with Crippen LogP contribution in [0.15, 0.2) is 24.3 Å². The predicted octanol–water partition coefficient (Wildman–Crippen LogP) is 1.88. The monoisotopic (exact) mass is 256 g/mol. The first-order chi connectivity index (χ1) is 8.13. The maximum Gasteiger partial charge on any atom is 0.269 e. The van der Waals surface area contributed by atoms with Gasteiger partial charge in [-0.25, -0.2) is 0 Å². The third-order valence-corrected chi connectivity index (χ3v) is 2.41. The summed E-state index contributed by atoms with van der Waals surface area (Å²) < 4.78 is 0. The Balaban J connectivity index is 2.46. The molecule has 0 radical (unpaired) electrons. The van der Waals surface area contributed by atoms with E-state index in [1.54, 1.807) is 12.1 Å². The zero-order chi connectivity index (χ0) is 12.7. The minimum atomic E-state index is -0.468. The average Bonchev–Trinajstić information content (AvgIpc) is 2.30. The van der Waals surface area contributed by atoms with Gasteiger partial charge in [-0.05, 0) is 12.0 Å². The highest BCUT2D eigenvalue weighted by Crippen LogP contribution is 2.12. The van der Waals surface area contributed by atoms with Gasteiger partial charge in [-0.1, -0.05) is 12.1 Å². The summed E-state index contributed by atoms with van der Waals surface area (Å²) >= 11 is 5.48. The minimum absolute atomic E-state index is 0.0244. The lowest BCUT2D eigenvalue weighted by Gasteiger charge is -2.03. The van der Waals surface area contributed by atoms with Crippen molar-refractivity contribution in [3.8, 4) is 0 Å². The van der Waals surface area contributed by atoms with Gasteiger partial charge in [0, 0.05) is 24.6 Å². The second-order valence-electron chi connectivity index (χ2n) is 3.49. The van der Waals surface area contributed by atoms with Crippen LogP contribution >= 0.6 is 11.6 Å². The molecule has 0 aromatic heterocycles. The van der Waals surface area contributed by atoms with Gasteiger partial charge in [-0.3, -0.25) is 14.9 Å². The molecule has 0 saturated heterocycles. The summed E-state index contributed by atoms with van der Waals surface area (Å²) in [6, 6.07) is 5.95. The largest absolute Gasteiger partial charge is 0.356 e. The Morgan fingerprint density at radius 3 is 2.53 bits per heavy atom. The van der Waals surface area contributed by atoms with Gasteiger partial charge in [0.05, 0.1) is 11.3 Å². The molecule has 92 valence electrons. The van der Waals surface area contributed by atoms with E-state index in [2.05, 4.69) is 5.32 Å². The molecule has 0 fully saturated rings. The predicted molar refractivity (Wildman–Crippen MR) is 65.1 cm³/mol. The van der Waals surface area contributed by atoms with Crippen molar-refractivity contribution in [2.75, 3.05) is 12.4 Å². The second-order valence-corrected chi connectivity index (χ2v) is 3.87. The minimum Gasteiger partial charge on any atom is -0.356 e. The van der Waals surface area contributed by atoms with E-state index in [9.17, 15) is 14.9 Å². The van der Waals surface area contributed by atoms with Gasteiger partial charge in [0.1, 0.15) is 0 Å². The van der Waals surface area contributed by atoms with Crippen LogP contribution in [0.4, 0.5) is 5.69 Å². The molecule has 0 heterocycles. The Morgan fingerprint density at radius 1 is 1.35 bits per heavy atom. The number of carbonyl (C=O) groups excluding carboxylic acids is 1. The van der Waals surface area contributed by atoms with Gasteiger partial charge < -0.3 is 5.32 Å². The van der Waals surface area contributed by atoms with E-state index in [-0.39, 0.29) is 18.0 Å². The number of alkyl halides is 1. The molecule has 17 heavy (non-hydrogen) atoms. The van der Waals surface area contributed by atoms with Crippen molar-refractivity contribution < 1.29 is 9.72 Å². The van der Waals surface area contributed by atoms with Crippen molar-refractivity contribution >= 4 is 23.2 Å². The number of amides is 1. The van der Waals surface area contributed by atoms with Crippen LogP contribution in [0.25, 0.3) is 0 Å². The van der Waals surface area contributed by atoms with Gasteiger partial charge in [-0.15, -0.1) is 11.6 Å². The van der Waals surface area contributed by atoms with Crippen LogP contribution in [0.1, 0.15) is 12.0 Å². The number of nitro benzene ring substituents is 1. The van der Waals surface area contributed by atoms with Crippen LogP contribution in [0, 0.1) is 10.1 Å². The molecular formula is C11H13ClN2O3. The molecule has 0 aliphatic rings. The van der Waals surface area contributed by atoms with E-state index < -0.39 is 4.92 Å². The summed E-state index contributed by atoms with van der Waals surface area (Å²) in [7, 11) is 0. The van der Waals surface area contributed by atoms with E-state index in [4.69, 9.17) is 11.6 Å². The summed E-state index contributed by atoms with van der Waals surface area (Å²) in [4.78, 5) is 21.4. The van der Waals surface area contributed by atoms with Crippen LogP contribution in [-0.2, 0) is 11.2 Å². The average molecular weight is 257 g/mol. The smallest absolute Gasteiger partial charge is 0.269 e. The number of benzene rings is 1. The van der Waals surface area contributed by atoms with E-state index in [0.717, 1.165) is 12.0 Å². The van der Waals surface area contributed by atoms with E-state index in [1.165, 1.54) is 12.1 Å². The molecule has 0 aliphatic heterocycles. The highest BCUT2D eigenvalue weighted by atomic mass is 35.5. The number of nitro groups is 1. The summed E-state index contributed by atoms with van der Waals surface area (Å²) in [5.74, 6) is 0.404. The Morgan fingerprint density at radius 2 is 2.00 bits per heavy atom. The van der Waals surface area contributed by atoms with Crippen LogP contribution in [0.2, 0.25) is 0 Å². The number of halogens is 1. The topological polar surface area (TPSA) is 72.2 Å². The molecule has 1 N–H and O–H groups in total. The van der Waals surface area contributed by atoms with Gasteiger partial charge in [0.25, 0.3) is 5.69 Å². The van der Waals surface area contributed by atoms with Crippen LogP contribution in [-0.4, -0.2) is 23.3 Å². The Kier molecular flexibility index (Phi) is 5.42. The molecule has 0 unspecified atom stereocenters. The molecule has 0 atom stereocenters. The molecule has 0 aliphatic carbocycles. The zero-order valence-electron chi connectivity index (χ0n) is 9.19. The standard InChI is InChI=1S/C11H13ClN2O3/c12-6-1-7-13-11(15)8-9-2-4-10(5-3-9)14(16)17/h2-5H,1,6-8H2,(H,13,15). The zero-order valence-corrected chi connectivity index (χ0v) is 9.94. The maximum atomic E-state index is 11.4. The summed E-state index contributed by atoms with van der Waals surface area (Å²) in [6.07, 6.45) is 0.952. The Bertz CT molecular complexity index is 392. The molecule has 0 bridgehead atoms. The van der Waals surface area contributed by atoms with Crippen molar-refractivity contribution in [3.05, 3.63) is 39.9 Å². The quantitative estimate of drug-likeness (QED) is 0.366. The third-order valence-electron chi connectivity index (χ3n) is 2.14. The summed E-state index contributed by atoms with van der Waals surface area (Å²) in [5, 5.41) is 13.1. The highest BCUT2D eigenvalue weighted by Gasteiger charge is 2.06. The molecule has 0 saturated carbocycles.